The van der Waals surface area contributed by atoms with Gasteiger partial charge in [-0.25, -0.2) is 0 Å². The molecule has 124 valence electrons. The van der Waals surface area contributed by atoms with Gasteiger partial charge in [0.05, 0.1) is 17.1 Å². The van der Waals surface area contributed by atoms with Gasteiger partial charge in [-0.3, -0.25) is 14.4 Å². The number of aromatic nitrogens is 2. The molecule has 0 aliphatic carbocycles. The van der Waals surface area contributed by atoms with Gasteiger partial charge < -0.3 is 14.9 Å². The van der Waals surface area contributed by atoms with Crippen LogP contribution in [0.1, 0.15) is 33.1 Å². The molecule has 0 spiro atoms. The molecular formula is C17H17N3O3S. The maximum Gasteiger partial charge on any atom is 0.314 e. The van der Waals surface area contributed by atoms with Crippen LogP contribution in [0.4, 0.5) is 0 Å². The number of hydrogen-bond acceptors (Lipinski definition) is 4. The third-order valence-corrected chi connectivity index (χ3v) is 5.21. The second-order valence-corrected chi connectivity index (χ2v) is 7.03. The number of aryl methyl sites for hydroxylation is 1. The first-order chi connectivity index (χ1) is 11.4. The van der Waals surface area contributed by atoms with Crippen molar-refractivity contribution in [1.82, 2.24) is 14.9 Å². The number of rotatable bonds is 3. The molecule has 3 rings (SSSR count). The molecule has 0 bridgehead atoms. The first kappa shape index (κ1) is 16.2. The number of H-pyrrole nitrogens is 2. The number of carbonyl (C=O) groups is 1. The zero-order valence-electron chi connectivity index (χ0n) is 13.5. The van der Waals surface area contributed by atoms with Crippen LogP contribution in [0.5, 0.6) is 0 Å². The van der Waals surface area contributed by atoms with Gasteiger partial charge in [-0.2, -0.15) is 0 Å². The summed E-state index contributed by atoms with van der Waals surface area (Å²) in [4.78, 5) is 44.5. The van der Waals surface area contributed by atoms with Gasteiger partial charge >= 0.3 is 11.1 Å². The van der Waals surface area contributed by atoms with E-state index in [1.54, 1.807) is 41.5 Å². The van der Waals surface area contributed by atoms with Gasteiger partial charge in [-0.15, -0.1) is 11.3 Å². The Hall–Kier alpha value is -2.67. The highest BCUT2D eigenvalue weighted by atomic mass is 32.1. The summed E-state index contributed by atoms with van der Waals surface area (Å²) >= 11 is 1.66. The SMILES string of the molecule is Cc1ccc([C@@H](C)N(C)C(=O)c2ccc3[nH]c(=O)c(=O)[nH]c3c2)s1. The standard InChI is InChI=1S/C17H17N3O3S/c1-9-4-7-14(24-9)10(2)20(3)17(23)11-5-6-12-13(8-11)19-16(22)15(21)18-12/h4-8,10H,1-3H3,(H,18,21)(H,19,22)/t10-/m1/s1. The van der Waals surface area contributed by atoms with Crippen LogP contribution in [0, 0.1) is 6.92 Å². The Morgan fingerprint density at radius 3 is 2.38 bits per heavy atom. The molecule has 6 nitrogen and oxygen atoms in total. The van der Waals surface area contributed by atoms with Crippen molar-refractivity contribution in [3.05, 3.63) is 66.4 Å². The number of thiophene rings is 1. The molecule has 1 amide bonds. The zero-order chi connectivity index (χ0) is 17.4. The highest BCUT2D eigenvalue weighted by Gasteiger charge is 2.20. The fourth-order valence-corrected chi connectivity index (χ4v) is 3.47. The summed E-state index contributed by atoms with van der Waals surface area (Å²) in [5.41, 5.74) is -0.0738. The van der Waals surface area contributed by atoms with Crippen LogP contribution in [0.3, 0.4) is 0 Å². The lowest BCUT2D eigenvalue weighted by atomic mass is 10.1. The van der Waals surface area contributed by atoms with E-state index in [4.69, 9.17) is 0 Å². The summed E-state index contributed by atoms with van der Waals surface area (Å²) in [5.74, 6) is -0.150. The van der Waals surface area contributed by atoms with Crippen molar-refractivity contribution in [3.8, 4) is 0 Å². The van der Waals surface area contributed by atoms with Crippen molar-refractivity contribution in [2.45, 2.75) is 19.9 Å². The molecule has 0 saturated carbocycles. The molecule has 0 saturated heterocycles. The van der Waals surface area contributed by atoms with Gasteiger partial charge in [0, 0.05) is 22.4 Å². The molecule has 2 N–H and O–H groups in total. The second kappa shape index (κ2) is 6.09. The Balaban J connectivity index is 1.94. The van der Waals surface area contributed by atoms with E-state index >= 15 is 0 Å². The van der Waals surface area contributed by atoms with Gasteiger partial charge in [0.2, 0.25) is 0 Å². The van der Waals surface area contributed by atoms with E-state index in [-0.39, 0.29) is 11.9 Å². The predicted octanol–water partition coefficient (Wildman–Crippen LogP) is 2.42. The van der Waals surface area contributed by atoms with E-state index < -0.39 is 11.1 Å². The van der Waals surface area contributed by atoms with Crippen molar-refractivity contribution in [2.75, 3.05) is 7.05 Å². The van der Waals surface area contributed by atoms with Crippen LogP contribution in [0.25, 0.3) is 11.0 Å². The number of benzene rings is 1. The Morgan fingerprint density at radius 2 is 1.75 bits per heavy atom. The predicted molar refractivity (Wildman–Crippen MR) is 94.8 cm³/mol. The third-order valence-electron chi connectivity index (χ3n) is 4.04. The zero-order valence-corrected chi connectivity index (χ0v) is 14.4. The van der Waals surface area contributed by atoms with Crippen LogP contribution in [0.15, 0.2) is 39.9 Å². The highest BCUT2D eigenvalue weighted by Crippen LogP contribution is 2.27. The molecule has 24 heavy (non-hydrogen) atoms. The summed E-state index contributed by atoms with van der Waals surface area (Å²) in [6, 6.07) is 8.85. The van der Waals surface area contributed by atoms with Crippen molar-refractivity contribution in [2.24, 2.45) is 0 Å². The number of carbonyl (C=O) groups excluding carboxylic acids is 1. The lowest BCUT2D eigenvalue weighted by molar-refractivity contribution is 0.0745. The van der Waals surface area contributed by atoms with Crippen molar-refractivity contribution in [3.63, 3.8) is 0 Å². The molecule has 1 aromatic carbocycles. The number of nitrogens with zero attached hydrogens (tertiary/aromatic N) is 1. The Bertz CT molecular complexity index is 1030. The second-order valence-electron chi connectivity index (χ2n) is 5.71. The fourth-order valence-electron chi connectivity index (χ4n) is 2.50. The monoisotopic (exact) mass is 343 g/mol. The average molecular weight is 343 g/mol. The molecular weight excluding hydrogens is 326 g/mol. The minimum atomic E-state index is -0.733. The molecule has 3 aromatic rings. The summed E-state index contributed by atoms with van der Waals surface area (Å²) in [5, 5.41) is 0. The fraction of sp³-hybridized carbons (Fsp3) is 0.235. The Morgan fingerprint density at radius 1 is 1.08 bits per heavy atom. The van der Waals surface area contributed by atoms with E-state index in [2.05, 4.69) is 9.97 Å². The van der Waals surface area contributed by atoms with Crippen molar-refractivity contribution >= 4 is 28.3 Å². The normalized spacial score (nSPS) is 12.3. The average Bonchev–Trinajstić information content (AvgIpc) is 3.00. The summed E-state index contributed by atoms with van der Waals surface area (Å²) in [7, 11) is 1.75. The number of nitrogens with one attached hydrogen (secondary N) is 2. The maximum absolute atomic E-state index is 12.7. The number of aromatic amines is 2. The number of hydrogen-bond donors (Lipinski definition) is 2. The Labute approximate surface area is 141 Å². The largest absolute Gasteiger partial charge is 0.334 e. The van der Waals surface area contributed by atoms with E-state index in [9.17, 15) is 14.4 Å². The molecule has 0 fully saturated rings. The summed E-state index contributed by atoms with van der Waals surface area (Å²) in [6.45, 7) is 4.01. The molecule has 0 aliphatic heterocycles. The maximum atomic E-state index is 12.7. The lowest BCUT2D eigenvalue weighted by Gasteiger charge is -2.24. The van der Waals surface area contributed by atoms with Crippen LogP contribution in [-0.2, 0) is 0 Å². The van der Waals surface area contributed by atoms with Gasteiger partial charge in [0.15, 0.2) is 0 Å². The van der Waals surface area contributed by atoms with Crippen LogP contribution in [-0.4, -0.2) is 27.8 Å². The van der Waals surface area contributed by atoms with Crippen molar-refractivity contribution in [1.29, 1.82) is 0 Å². The van der Waals surface area contributed by atoms with E-state index in [0.29, 0.717) is 16.6 Å². The van der Waals surface area contributed by atoms with Gasteiger partial charge in [-0.1, -0.05) is 0 Å². The smallest absolute Gasteiger partial charge is 0.314 e. The number of amides is 1. The van der Waals surface area contributed by atoms with Crippen LogP contribution in [0.2, 0.25) is 0 Å². The van der Waals surface area contributed by atoms with Crippen LogP contribution >= 0.6 is 11.3 Å². The quantitative estimate of drug-likeness (QED) is 0.716. The first-order valence-corrected chi connectivity index (χ1v) is 8.28. The summed E-state index contributed by atoms with van der Waals surface area (Å²) < 4.78 is 0. The van der Waals surface area contributed by atoms with E-state index in [0.717, 1.165) is 4.88 Å². The molecule has 0 aliphatic rings. The minimum Gasteiger partial charge on any atom is -0.334 e. The van der Waals surface area contributed by atoms with Crippen molar-refractivity contribution < 1.29 is 4.79 Å². The van der Waals surface area contributed by atoms with Crippen LogP contribution < -0.4 is 11.1 Å². The molecule has 0 unspecified atom stereocenters. The van der Waals surface area contributed by atoms with Gasteiger partial charge in [0.1, 0.15) is 0 Å². The Kier molecular flexibility index (Phi) is 4.11. The molecule has 2 heterocycles. The third kappa shape index (κ3) is 2.90. The number of fused-ring (bicyclic) bond motifs is 1. The van der Waals surface area contributed by atoms with Gasteiger partial charge in [-0.05, 0) is 44.2 Å². The summed E-state index contributed by atoms with van der Waals surface area (Å²) in [6.07, 6.45) is 0. The molecule has 7 heteroatoms. The van der Waals surface area contributed by atoms with E-state index in [1.807, 2.05) is 26.0 Å². The molecule has 1 atom stereocenters. The highest BCUT2D eigenvalue weighted by molar-refractivity contribution is 7.12. The molecule has 2 aromatic heterocycles. The topological polar surface area (TPSA) is 86.0 Å². The first-order valence-electron chi connectivity index (χ1n) is 7.46. The van der Waals surface area contributed by atoms with Gasteiger partial charge in [0.25, 0.3) is 5.91 Å². The lowest BCUT2D eigenvalue weighted by Crippen LogP contribution is -2.30. The molecule has 0 radical (unpaired) electrons. The minimum absolute atomic E-state index is 0.0541. The van der Waals surface area contributed by atoms with E-state index in [1.165, 1.54) is 4.88 Å².